The molecule has 0 aromatic heterocycles. The SMILES string of the molecule is CC(OC(=O)CN1C(=O)c2cccc([N+](=O)[O-])c2C1=O)C(=O)NC1CCCC1. The molecule has 1 fully saturated rings. The van der Waals surface area contributed by atoms with Crippen molar-refractivity contribution in [3.63, 3.8) is 0 Å². The van der Waals surface area contributed by atoms with Gasteiger partial charge in [0, 0.05) is 12.1 Å². The summed E-state index contributed by atoms with van der Waals surface area (Å²) in [6, 6.07) is 3.75. The zero-order chi connectivity index (χ0) is 20.4. The molecule has 0 saturated heterocycles. The summed E-state index contributed by atoms with van der Waals surface area (Å²) in [5, 5.41) is 13.9. The van der Waals surface area contributed by atoms with Gasteiger partial charge in [-0.25, -0.2) is 0 Å². The zero-order valence-electron chi connectivity index (χ0n) is 15.2. The molecule has 10 heteroatoms. The van der Waals surface area contributed by atoms with E-state index in [0.29, 0.717) is 4.90 Å². The molecule has 1 atom stereocenters. The largest absolute Gasteiger partial charge is 0.451 e. The van der Waals surface area contributed by atoms with Gasteiger partial charge in [-0.3, -0.25) is 34.2 Å². The van der Waals surface area contributed by atoms with Gasteiger partial charge in [0.15, 0.2) is 6.10 Å². The minimum Gasteiger partial charge on any atom is -0.451 e. The lowest BCUT2D eigenvalue weighted by molar-refractivity contribution is -0.385. The van der Waals surface area contributed by atoms with Crippen LogP contribution in [0.5, 0.6) is 0 Å². The first-order chi connectivity index (χ1) is 13.3. The van der Waals surface area contributed by atoms with Gasteiger partial charge < -0.3 is 10.1 Å². The summed E-state index contributed by atoms with van der Waals surface area (Å²) in [5.74, 6) is -3.15. The van der Waals surface area contributed by atoms with Crippen LogP contribution in [0.4, 0.5) is 5.69 Å². The number of hydrogen-bond donors (Lipinski definition) is 1. The van der Waals surface area contributed by atoms with Crippen LogP contribution < -0.4 is 5.32 Å². The fourth-order valence-electron chi connectivity index (χ4n) is 3.42. The van der Waals surface area contributed by atoms with Crippen LogP contribution in [0.3, 0.4) is 0 Å². The van der Waals surface area contributed by atoms with E-state index >= 15 is 0 Å². The van der Waals surface area contributed by atoms with E-state index in [1.54, 1.807) is 0 Å². The number of rotatable bonds is 6. The number of nitrogens with zero attached hydrogens (tertiary/aromatic N) is 2. The lowest BCUT2D eigenvalue weighted by atomic mass is 10.1. The van der Waals surface area contributed by atoms with Crippen molar-refractivity contribution in [2.45, 2.75) is 44.8 Å². The summed E-state index contributed by atoms with van der Waals surface area (Å²) >= 11 is 0. The van der Waals surface area contributed by atoms with Crippen LogP contribution in [0.1, 0.15) is 53.3 Å². The van der Waals surface area contributed by atoms with Crippen molar-refractivity contribution in [2.24, 2.45) is 0 Å². The molecule has 1 aliphatic heterocycles. The third-order valence-corrected chi connectivity index (χ3v) is 4.84. The number of nitro benzene ring substituents is 1. The molecular formula is C18H19N3O7. The van der Waals surface area contributed by atoms with Gasteiger partial charge in [0.2, 0.25) is 0 Å². The Kier molecular flexibility index (Phi) is 5.39. The Balaban J connectivity index is 1.63. The molecule has 0 spiro atoms. The van der Waals surface area contributed by atoms with E-state index in [9.17, 15) is 29.3 Å². The van der Waals surface area contributed by atoms with Crippen molar-refractivity contribution in [3.8, 4) is 0 Å². The molecule has 0 bridgehead atoms. The minimum atomic E-state index is -1.09. The molecule has 1 saturated carbocycles. The van der Waals surface area contributed by atoms with Gasteiger partial charge in [-0.1, -0.05) is 18.9 Å². The summed E-state index contributed by atoms with van der Waals surface area (Å²) < 4.78 is 5.03. The number of carbonyl (C=O) groups excluding carboxylic acids is 4. The highest BCUT2D eigenvalue weighted by Crippen LogP contribution is 2.30. The number of carbonyl (C=O) groups is 4. The predicted molar refractivity (Wildman–Crippen MR) is 94.4 cm³/mol. The smallest absolute Gasteiger partial charge is 0.326 e. The third-order valence-electron chi connectivity index (χ3n) is 4.84. The monoisotopic (exact) mass is 389 g/mol. The molecule has 1 aromatic rings. The first kappa shape index (κ1) is 19.5. The molecule has 1 heterocycles. The molecule has 0 radical (unpaired) electrons. The average Bonchev–Trinajstić information content (AvgIpc) is 3.24. The maximum Gasteiger partial charge on any atom is 0.326 e. The number of benzene rings is 1. The fraction of sp³-hybridized carbons (Fsp3) is 0.444. The zero-order valence-corrected chi connectivity index (χ0v) is 15.2. The molecule has 2 aliphatic rings. The van der Waals surface area contributed by atoms with Crippen molar-refractivity contribution in [1.29, 1.82) is 0 Å². The van der Waals surface area contributed by atoms with Gasteiger partial charge in [0.05, 0.1) is 10.5 Å². The highest BCUT2D eigenvalue weighted by molar-refractivity contribution is 6.24. The van der Waals surface area contributed by atoms with Gasteiger partial charge in [-0.05, 0) is 25.8 Å². The highest BCUT2D eigenvalue weighted by atomic mass is 16.6. The number of nitro groups is 1. The van der Waals surface area contributed by atoms with Crippen molar-refractivity contribution >= 4 is 29.4 Å². The normalized spacial score (nSPS) is 17.4. The molecule has 3 rings (SSSR count). The second-order valence-electron chi connectivity index (χ2n) is 6.78. The van der Waals surface area contributed by atoms with E-state index in [1.807, 2.05) is 0 Å². The number of imide groups is 1. The van der Waals surface area contributed by atoms with Crippen LogP contribution in [-0.2, 0) is 14.3 Å². The summed E-state index contributed by atoms with van der Waals surface area (Å²) in [7, 11) is 0. The number of ether oxygens (including phenoxy) is 1. The van der Waals surface area contributed by atoms with Crippen molar-refractivity contribution in [2.75, 3.05) is 6.54 Å². The molecule has 3 amide bonds. The van der Waals surface area contributed by atoms with Gasteiger partial charge in [0.1, 0.15) is 12.1 Å². The molecule has 28 heavy (non-hydrogen) atoms. The molecule has 1 aliphatic carbocycles. The van der Waals surface area contributed by atoms with E-state index in [4.69, 9.17) is 4.74 Å². The maximum absolute atomic E-state index is 12.4. The topological polar surface area (TPSA) is 136 Å². The maximum atomic E-state index is 12.4. The molecule has 1 N–H and O–H groups in total. The van der Waals surface area contributed by atoms with Gasteiger partial charge in [-0.2, -0.15) is 0 Å². The number of esters is 1. The standard InChI is InChI=1S/C18H19N3O7/c1-10(16(23)19-11-5-2-3-6-11)28-14(22)9-20-17(24)12-7-4-8-13(21(26)27)15(12)18(20)25/h4,7-8,10-11H,2-3,5-6,9H2,1H3,(H,19,23). The summed E-state index contributed by atoms with van der Waals surface area (Å²) in [4.78, 5) is 59.9. The van der Waals surface area contributed by atoms with Crippen LogP contribution in [-0.4, -0.2) is 52.2 Å². The Morgan fingerprint density at radius 2 is 1.96 bits per heavy atom. The Bertz CT molecular complexity index is 861. The number of fused-ring (bicyclic) bond motifs is 1. The van der Waals surface area contributed by atoms with Gasteiger partial charge >= 0.3 is 5.97 Å². The highest BCUT2D eigenvalue weighted by Gasteiger charge is 2.42. The Morgan fingerprint density at radius 3 is 2.61 bits per heavy atom. The van der Waals surface area contributed by atoms with E-state index in [-0.39, 0.29) is 17.2 Å². The second-order valence-corrected chi connectivity index (χ2v) is 6.78. The van der Waals surface area contributed by atoms with Crippen molar-refractivity contribution in [1.82, 2.24) is 10.2 Å². The van der Waals surface area contributed by atoms with Crippen molar-refractivity contribution in [3.05, 3.63) is 39.4 Å². The van der Waals surface area contributed by atoms with Crippen LogP contribution in [0.25, 0.3) is 0 Å². The van der Waals surface area contributed by atoms with Gasteiger partial charge in [-0.15, -0.1) is 0 Å². The van der Waals surface area contributed by atoms with E-state index in [0.717, 1.165) is 31.7 Å². The first-order valence-electron chi connectivity index (χ1n) is 8.93. The Labute approximate surface area is 160 Å². The molecule has 1 aromatic carbocycles. The molecule has 10 nitrogen and oxygen atoms in total. The van der Waals surface area contributed by atoms with Crippen LogP contribution in [0.2, 0.25) is 0 Å². The lowest BCUT2D eigenvalue weighted by Gasteiger charge is -2.18. The lowest BCUT2D eigenvalue weighted by Crippen LogP contribution is -2.43. The minimum absolute atomic E-state index is 0.0606. The summed E-state index contributed by atoms with van der Waals surface area (Å²) in [5.41, 5.74) is -0.993. The van der Waals surface area contributed by atoms with Gasteiger partial charge in [0.25, 0.3) is 23.4 Å². The Hall–Kier alpha value is -3.30. The fourth-order valence-corrected chi connectivity index (χ4v) is 3.42. The molecule has 1 unspecified atom stereocenters. The van der Waals surface area contributed by atoms with Crippen LogP contribution in [0, 0.1) is 10.1 Å². The summed E-state index contributed by atoms with van der Waals surface area (Å²) in [6.45, 7) is 0.667. The summed E-state index contributed by atoms with van der Waals surface area (Å²) in [6.07, 6.45) is 2.73. The third kappa shape index (κ3) is 3.71. The predicted octanol–water partition coefficient (Wildman–Crippen LogP) is 1.18. The average molecular weight is 389 g/mol. The molecular weight excluding hydrogens is 370 g/mol. The van der Waals surface area contributed by atoms with Crippen molar-refractivity contribution < 1.29 is 28.8 Å². The van der Waals surface area contributed by atoms with Crippen LogP contribution in [0.15, 0.2) is 18.2 Å². The van der Waals surface area contributed by atoms with Crippen LogP contribution >= 0.6 is 0 Å². The second kappa shape index (κ2) is 7.75. The van der Waals surface area contributed by atoms with E-state index < -0.39 is 47.0 Å². The molecule has 148 valence electrons. The number of amides is 3. The Morgan fingerprint density at radius 1 is 1.29 bits per heavy atom. The number of nitrogens with one attached hydrogen (secondary N) is 1. The quantitative estimate of drug-likeness (QED) is 0.334. The first-order valence-corrected chi connectivity index (χ1v) is 8.93. The number of hydrogen-bond acceptors (Lipinski definition) is 7. The van der Waals surface area contributed by atoms with E-state index in [2.05, 4.69) is 5.32 Å². The van der Waals surface area contributed by atoms with E-state index in [1.165, 1.54) is 19.1 Å².